The van der Waals surface area contributed by atoms with Gasteiger partial charge < -0.3 is 25.2 Å². The van der Waals surface area contributed by atoms with E-state index in [1.807, 2.05) is 12.1 Å². The van der Waals surface area contributed by atoms with Crippen LogP contribution < -0.4 is 0 Å². The van der Waals surface area contributed by atoms with E-state index in [4.69, 9.17) is 4.74 Å². The fraction of sp³-hybridized carbons (Fsp3) is 0.409. The first-order valence-corrected chi connectivity index (χ1v) is 9.22. The predicted molar refractivity (Wildman–Crippen MR) is 103 cm³/mol. The first-order chi connectivity index (χ1) is 13.3. The van der Waals surface area contributed by atoms with Crippen molar-refractivity contribution in [2.45, 2.75) is 48.8 Å². The molecule has 2 aromatic rings. The van der Waals surface area contributed by atoms with Crippen LogP contribution in [0.15, 0.2) is 60.7 Å². The van der Waals surface area contributed by atoms with Crippen LogP contribution in [0.4, 0.5) is 0 Å². The molecule has 1 fully saturated rings. The number of carbonyl (C=O) groups is 1. The summed E-state index contributed by atoms with van der Waals surface area (Å²) in [7, 11) is 1.38. The molecule has 6 heteroatoms. The maximum atomic E-state index is 12.9. The highest BCUT2D eigenvalue weighted by Gasteiger charge is 2.80. The fourth-order valence-electron chi connectivity index (χ4n) is 4.01. The van der Waals surface area contributed by atoms with Gasteiger partial charge >= 0.3 is 0 Å². The molecule has 0 aliphatic heterocycles. The van der Waals surface area contributed by atoms with Crippen LogP contribution in [0.1, 0.15) is 24.0 Å². The quantitative estimate of drug-likeness (QED) is 0.535. The number of benzene rings is 2. The molecule has 0 bridgehead atoms. The van der Waals surface area contributed by atoms with Crippen LogP contribution in [-0.4, -0.2) is 62.8 Å². The summed E-state index contributed by atoms with van der Waals surface area (Å²) in [5, 5.41) is 42.1. The van der Waals surface area contributed by atoms with Crippen LogP contribution >= 0.6 is 0 Å². The third-order valence-corrected chi connectivity index (χ3v) is 5.85. The van der Waals surface area contributed by atoms with E-state index in [-0.39, 0.29) is 6.42 Å². The Morgan fingerprint density at radius 2 is 1.57 bits per heavy atom. The van der Waals surface area contributed by atoms with Crippen LogP contribution in [0.25, 0.3) is 0 Å². The molecule has 0 saturated heterocycles. The maximum Gasteiger partial charge on any atom is 0.199 e. The number of Topliss-reactive ketones (excluding diaryl/α,β-unsaturated/α-hetero) is 1. The standard InChI is InChI=1S/C22H26O6/c1-21(28-2)19(15-11-7-4-8-12-15)22(21,27)20(26)18(25)17(24)16(23)13-14-9-5-3-6-10-14/h3-12,16-19,23-25,27H,13H2,1-2H3/t16?,17-,18-,19?,21?,22-/m1/s1. The van der Waals surface area contributed by atoms with Crippen LogP contribution in [0.2, 0.25) is 0 Å². The number of rotatable bonds is 8. The molecule has 0 heterocycles. The second-order valence-electron chi connectivity index (χ2n) is 7.48. The van der Waals surface area contributed by atoms with E-state index < -0.39 is 41.2 Å². The lowest BCUT2D eigenvalue weighted by molar-refractivity contribution is -0.154. The molecule has 150 valence electrons. The highest BCUT2D eigenvalue weighted by atomic mass is 16.5. The maximum absolute atomic E-state index is 12.9. The van der Waals surface area contributed by atoms with E-state index in [1.165, 1.54) is 7.11 Å². The molecule has 2 aromatic carbocycles. The average molecular weight is 386 g/mol. The molecular weight excluding hydrogens is 360 g/mol. The highest BCUT2D eigenvalue weighted by Crippen LogP contribution is 2.63. The molecule has 28 heavy (non-hydrogen) atoms. The normalized spacial score (nSPS) is 29.7. The van der Waals surface area contributed by atoms with E-state index in [0.717, 1.165) is 5.56 Å². The summed E-state index contributed by atoms with van der Waals surface area (Å²) in [6.45, 7) is 1.59. The molecule has 3 unspecified atom stereocenters. The van der Waals surface area contributed by atoms with Crippen LogP contribution in [0.5, 0.6) is 0 Å². The molecule has 0 amide bonds. The van der Waals surface area contributed by atoms with Crippen molar-refractivity contribution >= 4 is 5.78 Å². The third-order valence-electron chi connectivity index (χ3n) is 5.85. The zero-order chi connectivity index (χ0) is 20.5. The molecule has 1 aliphatic rings. The number of hydrogen-bond acceptors (Lipinski definition) is 6. The summed E-state index contributed by atoms with van der Waals surface area (Å²) in [6.07, 6.45) is -5.00. The van der Waals surface area contributed by atoms with Gasteiger partial charge in [0.15, 0.2) is 11.4 Å². The molecular formula is C22H26O6. The number of hydrogen-bond donors (Lipinski definition) is 4. The third kappa shape index (κ3) is 3.27. The van der Waals surface area contributed by atoms with Gasteiger partial charge in [0.1, 0.15) is 17.8 Å². The second kappa shape index (κ2) is 7.73. The van der Waals surface area contributed by atoms with E-state index in [0.29, 0.717) is 5.56 Å². The summed E-state index contributed by atoms with van der Waals surface area (Å²) >= 11 is 0. The molecule has 3 rings (SSSR count). The number of aliphatic hydroxyl groups excluding tert-OH is 3. The summed E-state index contributed by atoms with van der Waals surface area (Å²) < 4.78 is 5.41. The van der Waals surface area contributed by atoms with Crippen molar-refractivity contribution in [2.75, 3.05) is 7.11 Å². The Morgan fingerprint density at radius 3 is 2.11 bits per heavy atom. The minimum Gasteiger partial charge on any atom is -0.390 e. The Balaban J connectivity index is 1.78. The SMILES string of the molecule is COC1(C)C(c2ccccc2)[C@@]1(O)C(=O)[C@H](O)[C@H](O)C(O)Cc1ccccc1. The van der Waals surface area contributed by atoms with Gasteiger partial charge in [-0.2, -0.15) is 0 Å². The number of aliphatic hydroxyl groups is 4. The summed E-state index contributed by atoms with van der Waals surface area (Å²) in [6, 6.07) is 17.8. The molecule has 0 radical (unpaired) electrons. The number of methoxy groups -OCH3 is 1. The van der Waals surface area contributed by atoms with Crippen LogP contribution in [0, 0.1) is 0 Å². The van der Waals surface area contributed by atoms with Gasteiger partial charge in [-0.05, 0) is 18.1 Å². The predicted octanol–water partition coefficient (Wildman–Crippen LogP) is 0.814. The zero-order valence-electron chi connectivity index (χ0n) is 15.9. The highest BCUT2D eigenvalue weighted by molar-refractivity contribution is 5.98. The molecule has 4 N–H and O–H groups in total. The van der Waals surface area contributed by atoms with Crippen molar-refractivity contribution in [3.8, 4) is 0 Å². The number of ether oxygens (including phenoxy) is 1. The first kappa shape index (κ1) is 20.6. The number of ketones is 1. The van der Waals surface area contributed by atoms with Crippen molar-refractivity contribution in [1.29, 1.82) is 0 Å². The Labute approximate surface area is 164 Å². The van der Waals surface area contributed by atoms with E-state index >= 15 is 0 Å². The summed E-state index contributed by atoms with van der Waals surface area (Å²) in [4.78, 5) is 12.9. The minimum atomic E-state index is -2.00. The Morgan fingerprint density at radius 1 is 1.04 bits per heavy atom. The molecule has 0 spiro atoms. The monoisotopic (exact) mass is 386 g/mol. The van der Waals surface area contributed by atoms with Crippen LogP contribution in [0.3, 0.4) is 0 Å². The van der Waals surface area contributed by atoms with E-state index in [1.54, 1.807) is 55.5 Å². The van der Waals surface area contributed by atoms with Gasteiger partial charge in [-0.25, -0.2) is 0 Å². The van der Waals surface area contributed by atoms with E-state index in [2.05, 4.69) is 0 Å². The molecule has 1 saturated carbocycles. The second-order valence-corrected chi connectivity index (χ2v) is 7.48. The minimum absolute atomic E-state index is 0.0639. The van der Waals surface area contributed by atoms with Gasteiger partial charge in [0, 0.05) is 13.5 Å². The van der Waals surface area contributed by atoms with Gasteiger partial charge in [-0.3, -0.25) is 4.79 Å². The van der Waals surface area contributed by atoms with Gasteiger partial charge in [0.2, 0.25) is 0 Å². The molecule has 1 aliphatic carbocycles. The van der Waals surface area contributed by atoms with Gasteiger partial charge in [-0.1, -0.05) is 60.7 Å². The van der Waals surface area contributed by atoms with Crippen molar-refractivity contribution in [2.24, 2.45) is 0 Å². The molecule has 6 atom stereocenters. The van der Waals surface area contributed by atoms with Gasteiger partial charge in [-0.15, -0.1) is 0 Å². The summed E-state index contributed by atoms with van der Waals surface area (Å²) in [5.41, 5.74) is -1.80. The Kier molecular flexibility index (Phi) is 5.70. The lowest BCUT2D eigenvalue weighted by Crippen LogP contribution is -2.50. The zero-order valence-corrected chi connectivity index (χ0v) is 15.9. The lowest BCUT2D eigenvalue weighted by atomic mass is 9.93. The Hall–Kier alpha value is -2.09. The molecule has 0 aromatic heterocycles. The number of carbonyl (C=O) groups excluding carboxylic acids is 1. The average Bonchev–Trinajstić information content (AvgIpc) is 3.24. The Bertz CT molecular complexity index is 810. The topological polar surface area (TPSA) is 107 Å². The van der Waals surface area contributed by atoms with E-state index in [9.17, 15) is 25.2 Å². The first-order valence-electron chi connectivity index (χ1n) is 9.22. The van der Waals surface area contributed by atoms with Crippen molar-refractivity contribution in [3.63, 3.8) is 0 Å². The fourth-order valence-corrected chi connectivity index (χ4v) is 4.01. The van der Waals surface area contributed by atoms with Gasteiger partial charge in [0.25, 0.3) is 0 Å². The van der Waals surface area contributed by atoms with Crippen molar-refractivity contribution < 1.29 is 30.0 Å². The van der Waals surface area contributed by atoms with Crippen molar-refractivity contribution in [3.05, 3.63) is 71.8 Å². The largest absolute Gasteiger partial charge is 0.390 e. The smallest absolute Gasteiger partial charge is 0.199 e. The molecule has 6 nitrogen and oxygen atoms in total. The lowest BCUT2D eigenvalue weighted by Gasteiger charge is -2.25. The van der Waals surface area contributed by atoms with Crippen LogP contribution in [-0.2, 0) is 16.0 Å². The van der Waals surface area contributed by atoms with Crippen molar-refractivity contribution in [1.82, 2.24) is 0 Å². The summed E-state index contributed by atoms with van der Waals surface area (Å²) in [5.74, 6) is -1.66. The van der Waals surface area contributed by atoms with Gasteiger partial charge in [0.05, 0.1) is 12.0 Å².